The number of methoxy groups -OCH3 is 1. The number of hydrogen-bond acceptors (Lipinski definition) is 9. The van der Waals surface area contributed by atoms with Crippen molar-refractivity contribution in [3.05, 3.63) is 93.0 Å². The normalized spacial score (nSPS) is 15.5. The number of carbonyl (C=O) groups excluding carboxylic acids is 2. The van der Waals surface area contributed by atoms with Gasteiger partial charge in [0.05, 0.1) is 23.5 Å². The molecule has 10 heteroatoms. The average Bonchev–Trinajstić information content (AvgIpc) is 2.81. The Morgan fingerprint density at radius 1 is 1.06 bits per heavy atom. The number of benzene rings is 2. The third-order valence-corrected chi connectivity index (χ3v) is 4.91. The molecule has 2 N–H and O–H groups in total. The Balaban J connectivity index is 1.89. The lowest BCUT2D eigenvalue weighted by Gasteiger charge is -2.28. The fraction of sp³-hybridized carbons (Fsp3) is 0.217. The molecule has 33 heavy (non-hydrogen) atoms. The Hall–Kier alpha value is -4.34. The number of non-ortho nitro benzene ring substituents is 1. The van der Waals surface area contributed by atoms with E-state index in [-0.39, 0.29) is 41.3 Å². The number of nitro benzene ring substituents is 1. The van der Waals surface area contributed by atoms with Gasteiger partial charge in [-0.2, -0.15) is 0 Å². The fourth-order valence-electron chi connectivity index (χ4n) is 3.44. The predicted molar refractivity (Wildman–Crippen MR) is 116 cm³/mol. The minimum absolute atomic E-state index is 0.00779. The van der Waals surface area contributed by atoms with E-state index in [1.807, 2.05) is 6.07 Å². The second-order valence-corrected chi connectivity index (χ2v) is 7.00. The second-order valence-electron chi connectivity index (χ2n) is 7.00. The summed E-state index contributed by atoms with van der Waals surface area (Å²) in [6.45, 7) is 1.52. The summed E-state index contributed by atoms with van der Waals surface area (Å²) in [5.41, 5.74) is -0.0315. The van der Waals surface area contributed by atoms with Crippen molar-refractivity contribution < 1.29 is 33.8 Å². The maximum atomic E-state index is 13.0. The monoisotopic (exact) mass is 454 g/mol. The van der Waals surface area contributed by atoms with Gasteiger partial charge in [-0.05, 0) is 24.6 Å². The Morgan fingerprint density at radius 3 is 2.45 bits per heavy atom. The molecule has 0 aromatic heterocycles. The zero-order valence-electron chi connectivity index (χ0n) is 17.9. The molecular weight excluding hydrogens is 432 g/mol. The quantitative estimate of drug-likeness (QED) is 0.267. The summed E-state index contributed by atoms with van der Waals surface area (Å²) in [6.07, 6.45) is 0. The van der Waals surface area contributed by atoms with Crippen LogP contribution in [0.3, 0.4) is 0 Å². The van der Waals surface area contributed by atoms with Crippen LogP contribution in [0, 0.1) is 10.1 Å². The van der Waals surface area contributed by atoms with Crippen LogP contribution in [0.4, 0.5) is 5.69 Å². The summed E-state index contributed by atoms with van der Waals surface area (Å²) in [5.74, 6) is -2.73. The van der Waals surface area contributed by atoms with Gasteiger partial charge >= 0.3 is 11.9 Å². The third kappa shape index (κ3) is 5.29. The van der Waals surface area contributed by atoms with Gasteiger partial charge < -0.3 is 24.6 Å². The molecule has 1 unspecified atom stereocenters. The first kappa shape index (κ1) is 23.3. The lowest BCUT2D eigenvalue weighted by molar-refractivity contribution is -0.384. The smallest absolute Gasteiger partial charge is 0.340 e. The summed E-state index contributed by atoms with van der Waals surface area (Å²) in [6, 6.07) is 14.4. The summed E-state index contributed by atoms with van der Waals surface area (Å²) >= 11 is 0. The highest BCUT2D eigenvalue weighted by Gasteiger charge is 2.39. The number of ether oxygens (including phenoxy) is 3. The topological polar surface area (TPSA) is 137 Å². The first-order valence-corrected chi connectivity index (χ1v) is 9.92. The minimum atomic E-state index is -1.15. The molecule has 0 saturated carbocycles. The standard InChI is InChI=1S/C23H22N2O8/c1-14-18(23(28)33-12-11-32-17-9-4-3-5-10-17)19(20(21(26)24-14)22(27)31-2)15-7-6-8-16(13-15)25(29)30/h3-10,13,19,24,26H,11-12H2,1-2H3. The van der Waals surface area contributed by atoms with E-state index < -0.39 is 28.7 Å². The number of rotatable bonds is 8. The van der Waals surface area contributed by atoms with Crippen LogP contribution in [0.1, 0.15) is 18.4 Å². The van der Waals surface area contributed by atoms with Crippen LogP contribution in [-0.2, 0) is 19.1 Å². The Morgan fingerprint density at radius 2 is 1.79 bits per heavy atom. The maximum Gasteiger partial charge on any atom is 0.340 e. The van der Waals surface area contributed by atoms with Gasteiger partial charge in [0.25, 0.3) is 5.69 Å². The molecule has 2 aromatic rings. The molecule has 172 valence electrons. The number of hydrogen-bond donors (Lipinski definition) is 2. The molecule has 0 spiro atoms. The number of allylic oxidation sites excluding steroid dienone is 1. The van der Waals surface area contributed by atoms with E-state index in [1.54, 1.807) is 24.3 Å². The Kier molecular flexibility index (Phi) is 7.29. The van der Waals surface area contributed by atoms with Crippen molar-refractivity contribution in [2.45, 2.75) is 12.8 Å². The summed E-state index contributed by atoms with van der Waals surface area (Å²) < 4.78 is 15.6. The van der Waals surface area contributed by atoms with Crippen molar-refractivity contribution in [2.75, 3.05) is 20.3 Å². The zero-order valence-corrected chi connectivity index (χ0v) is 17.9. The molecule has 1 heterocycles. The van der Waals surface area contributed by atoms with E-state index in [2.05, 4.69) is 5.32 Å². The number of nitrogens with zero attached hydrogens (tertiary/aromatic N) is 1. The molecule has 0 bridgehead atoms. The largest absolute Gasteiger partial charge is 0.494 e. The van der Waals surface area contributed by atoms with Crippen molar-refractivity contribution in [3.63, 3.8) is 0 Å². The molecule has 1 aliphatic heterocycles. The Labute approximate surface area is 189 Å². The van der Waals surface area contributed by atoms with Crippen LogP contribution in [-0.4, -0.2) is 42.3 Å². The number of esters is 2. The van der Waals surface area contributed by atoms with Crippen LogP contribution in [0.15, 0.2) is 77.3 Å². The van der Waals surface area contributed by atoms with Crippen molar-refractivity contribution in [3.8, 4) is 5.75 Å². The number of aliphatic hydroxyl groups excluding tert-OH is 1. The van der Waals surface area contributed by atoms with Crippen molar-refractivity contribution in [1.29, 1.82) is 0 Å². The first-order valence-electron chi connectivity index (χ1n) is 9.92. The molecular formula is C23H22N2O8. The van der Waals surface area contributed by atoms with E-state index in [9.17, 15) is 24.8 Å². The number of para-hydroxylation sites is 1. The second kappa shape index (κ2) is 10.3. The summed E-state index contributed by atoms with van der Waals surface area (Å²) in [7, 11) is 1.12. The number of dihydropyridines is 1. The number of nitrogens with one attached hydrogen (secondary N) is 1. The molecule has 0 saturated heterocycles. The SMILES string of the molecule is COC(=O)C1=C(O)NC(C)=C(C(=O)OCCOc2ccccc2)C1c1cccc([N+](=O)[O-])c1. The highest BCUT2D eigenvalue weighted by Crippen LogP contribution is 2.39. The molecule has 1 aliphatic rings. The van der Waals surface area contributed by atoms with E-state index in [0.29, 0.717) is 5.75 Å². The maximum absolute atomic E-state index is 13.0. The van der Waals surface area contributed by atoms with E-state index in [1.165, 1.54) is 31.2 Å². The van der Waals surface area contributed by atoms with Crippen molar-refractivity contribution in [2.24, 2.45) is 0 Å². The molecule has 1 atom stereocenters. The molecule has 0 amide bonds. The van der Waals surface area contributed by atoms with Crippen molar-refractivity contribution in [1.82, 2.24) is 5.32 Å². The minimum Gasteiger partial charge on any atom is -0.494 e. The van der Waals surface area contributed by atoms with Gasteiger partial charge in [-0.25, -0.2) is 9.59 Å². The van der Waals surface area contributed by atoms with Gasteiger partial charge in [-0.15, -0.1) is 0 Å². The number of carbonyl (C=O) groups is 2. The molecule has 2 aromatic carbocycles. The van der Waals surface area contributed by atoms with Crippen LogP contribution in [0.25, 0.3) is 0 Å². The first-order chi connectivity index (χ1) is 15.8. The van der Waals surface area contributed by atoms with Gasteiger partial charge in [0.1, 0.15) is 24.5 Å². The molecule has 0 aliphatic carbocycles. The van der Waals surface area contributed by atoms with Gasteiger partial charge in [0.15, 0.2) is 5.88 Å². The van der Waals surface area contributed by atoms with Gasteiger partial charge in [0.2, 0.25) is 0 Å². The average molecular weight is 454 g/mol. The summed E-state index contributed by atoms with van der Waals surface area (Å²) in [4.78, 5) is 36.2. The molecule has 0 radical (unpaired) electrons. The Bertz CT molecular complexity index is 1120. The van der Waals surface area contributed by atoms with Crippen LogP contribution < -0.4 is 10.1 Å². The van der Waals surface area contributed by atoms with Gasteiger partial charge in [-0.1, -0.05) is 30.3 Å². The zero-order chi connectivity index (χ0) is 24.0. The molecule has 0 fully saturated rings. The van der Waals surface area contributed by atoms with E-state index >= 15 is 0 Å². The van der Waals surface area contributed by atoms with Crippen molar-refractivity contribution >= 4 is 17.6 Å². The van der Waals surface area contributed by atoms with E-state index in [0.717, 1.165) is 7.11 Å². The number of aliphatic hydroxyl groups is 1. The van der Waals surface area contributed by atoms with Gasteiger partial charge in [-0.3, -0.25) is 10.1 Å². The molecule has 10 nitrogen and oxygen atoms in total. The van der Waals surface area contributed by atoms with Crippen LogP contribution in [0.5, 0.6) is 5.75 Å². The lowest BCUT2D eigenvalue weighted by atomic mass is 9.81. The lowest BCUT2D eigenvalue weighted by Crippen LogP contribution is -2.33. The highest BCUT2D eigenvalue weighted by molar-refractivity contribution is 5.99. The van der Waals surface area contributed by atoms with Crippen LogP contribution >= 0.6 is 0 Å². The number of nitro groups is 1. The fourth-order valence-corrected chi connectivity index (χ4v) is 3.44. The van der Waals surface area contributed by atoms with Crippen LogP contribution in [0.2, 0.25) is 0 Å². The third-order valence-electron chi connectivity index (χ3n) is 4.91. The molecule has 3 rings (SSSR count). The van der Waals surface area contributed by atoms with E-state index in [4.69, 9.17) is 14.2 Å². The highest BCUT2D eigenvalue weighted by atomic mass is 16.6. The predicted octanol–water partition coefficient (Wildman–Crippen LogP) is 3.12. The summed E-state index contributed by atoms with van der Waals surface area (Å²) in [5, 5.41) is 24.3. The van der Waals surface area contributed by atoms with Gasteiger partial charge in [0, 0.05) is 17.8 Å².